The van der Waals surface area contributed by atoms with E-state index in [2.05, 4.69) is 17.2 Å². The van der Waals surface area contributed by atoms with Gasteiger partial charge in [0.15, 0.2) is 0 Å². The summed E-state index contributed by atoms with van der Waals surface area (Å²) in [5, 5.41) is 14.3. The molecule has 2 amide bonds. The quantitative estimate of drug-likeness (QED) is 0.409. The van der Waals surface area contributed by atoms with Gasteiger partial charge in [0.05, 0.1) is 0 Å². The van der Waals surface area contributed by atoms with Crippen molar-refractivity contribution in [1.82, 2.24) is 10.6 Å². The Bertz CT molecular complexity index is 579. The number of carbonyl (C=O) groups excluding carboxylic acids is 2. The third-order valence-electron chi connectivity index (χ3n) is 2.83. The van der Waals surface area contributed by atoms with Crippen molar-refractivity contribution in [2.24, 2.45) is 0 Å². The molecule has 0 spiro atoms. The Morgan fingerprint density at radius 1 is 1.29 bits per heavy atom. The predicted molar refractivity (Wildman–Crippen MR) is 90.3 cm³/mol. The second-order valence-corrected chi connectivity index (χ2v) is 7.07. The van der Waals surface area contributed by atoms with E-state index >= 15 is 0 Å². The van der Waals surface area contributed by atoms with Gasteiger partial charge in [-0.3, -0.25) is 0 Å². The molecule has 0 unspecified atom stereocenters. The minimum absolute atomic E-state index is 0.0253. The van der Waals surface area contributed by atoms with E-state index in [0.717, 1.165) is 4.46 Å². The van der Waals surface area contributed by atoms with Gasteiger partial charge in [0.25, 0.3) is 0 Å². The van der Waals surface area contributed by atoms with Gasteiger partial charge in [-0.2, -0.15) is 0 Å². The molecular formula is C16H20N2O5Se. The number of ether oxygens (including phenoxy) is 1. The minimum atomic E-state index is -1.11. The van der Waals surface area contributed by atoms with Gasteiger partial charge in [0.1, 0.15) is 0 Å². The number of benzene rings is 1. The predicted octanol–water partition coefficient (Wildman–Crippen LogP) is 0.305. The van der Waals surface area contributed by atoms with Gasteiger partial charge in [-0.25, -0.2) is 0 Å². The zero-order valence-electron chi connectivity index (χ0n) is 13.2. The molecule has 7 nitrogen and oxygen atoms in total. The fourth-order valence-corrected chi connectivity index (χ4v) is 3.55. The number of amides is 2. The molecule has 130 valence electrons. The molecule has 1 aromatic carbocycles. The number of carboxylic acids is 1. The summed E-state index contributed by atoms with van der Waals surface area (Å²) in [5.41, 5.74) is 0. The van der Waals surface area contributed by atoms with E-state index in [1.807, 2.05) is 30.3 Å². The van der Waals surface area contributed by atoms with Gasteiger partial charge >= 0.3 is 146 Å². The normalized spacial score (nSPS) is 12.5. The Kier molecular flexibility index (Phi) is 8.60. The van der Waals surface area contributed by atoms with Crippen LogP contribution in [0.4, 0.5) is 4.79 Å². The molecule has 0 aromatic heterocycles. The van der Waals surface area contributed by atoms with Crippen LogP contribution in [-0.4, -0.2) is 56.7 Å². The van der Waals surface area contributed by atoms with E-state index in [1.165, 1.54) is 13.0 Å². The van der Waals surface area contributed by atoms with Crippen LogP contribution >= 0.6 is 0 Å². The third kappa shape index (κ3) is 7.30. The maximum absolute atomic E-state index is 12.0. The molecule has 0 aliphatic carbocycles. The topological polar surface area (TPSA) is 105 Å². The Hall–Kier alpha value is -2.31. The number of aliphatic carboxylic acids is 1. The molecule has 0 radical (unpaired) electrons. The number of carbonyl (C=O) groups is 3. The van der Waals surface area contributed by atoms with Gasteiger partial charge in [0.2, 0.25) is 0 Å². The van der Waals surface area contributed by atoms with Gasteiger partial charge in [0, 0.05) is 0 Å². The molecule has 0 fully saturated rings. The van der Waals surface area contributed by atoms with E-state index < -0.39 is 30.1 Å². The molecule has 0 aliphatic heterocycles. The Labute approximate surface area is 146 Å². The molecule has 0 aliphatic rings. The maximum atomic E-state index is 12.0. The summed E-state index contributed by atoms with van der Waals surface area (Å²) in [6.07, 6.45) is 0.633. The number of hydrogen-bond donors (Lipinski definition) is 3. The Balaban J connectivity index is 2.51. The Morgan fingerprint density at radius 3 is 2.54 bits per heavy atom. The van der Waals surface area contributed by atoms with E-state index in [-0.39, 0.29) is 21.6 Å². The van der Waals surface area contributed by atoms with E-state index in [9.17, 15) is 19.5 Å². The molecule has 3 N–H and O–H groups in total. The first kappa shape index (κ1) is 19.7. The molecule has 0 heterocycles. The van der Waals surface area contributed by atoms with E-state index in [1.54, 1.807) is 0 Å². The zero-order chi connectivity index (χ0) is 17.9. The van der Waals surface area contributed by atoms with Crippen LogP contribution in [0.15, 0.2) is 43.0 Å². The van der Waals surface area contributed by atoms with Crippen LogP contribution < -0.4 is 15.1 Å². The van der Waals surface area contributed by atoms with Crippen LogP contribution in [0, 0.1) is 0 Å². The standard InChI is InChI=1S/C16H20N2O5Se/c1-3-9-23-16(22)17-11(2)14(19)18-13(15(20)21)10-24-12-7-5-4-6-8-12/h3-8,11,13H,1,9-10H2,2H3,(H,17,22)(H,18,19)(H,20,21)/t11-,13-/m0/s1. The number of carboxylic acid groups (broad SMARTS) is 1. The van der Waals surface area contributed by atoms with Crippen LogP contribution in [0.2, 0.25) is 5.32 Å². The summed E-state index contributed by atoms with van der Waals surface area (Å²) in [7, 11) is 0. The van der Waals surface area contributed by atoms with E-state index in [4.69, 9.17) is 4.74 Å². The zero-order valence-corrected chi connectivity index (χ0v) is 14.9. The van der Waals surface area contributed by atoms with Crippen molar-refractivity contribution in [3.8, 4) is 0 Å². The van der Waals surface area contributed by atoms with Crippen molar-refractivity contribution in [3.63, 3.8) is 0 Å². The van der Waals surface area contributed by atoms with Gasteiger partial charge < -0.3 is 0 Å². The van der Waals surface area contributed by atoms with Crippen LogP contribution in [0.3, 0.4) is 0 Å². The number of nitrogens with one attached hydrogen (secondary N) is 2. The van der Waals surface area contributed by atoms with Gasteiger partial charge in [-0.15, -0.1) is 0 Å². The van der Waals surface area contributed by atoms with Crippen molar-refractivity contribution >= 4 is 37.4 Å². The SMILES string of the molecule is C=CCOC(=O)N[C@@H](C)C(=O)N[C@@H](C[Se]c1ccccc1)C(=O)O. The summed E-state index contributed by atoms with van der Waals surface area (Å²) in [5.74, 6) is -1.69. The van der Waals surface area contributed by atoms with Crippen molar-refractivity contribution in [2.45, 2.75) is 24.3 Å². The van der Waals surface area contributed by atoms with Crippen LogP contribution in [0.25, 0.3) is 0 Å². The van der Waals surface area contributed by atoms with Gasteiger partial charge in [-0.05, 0) is 0 Å². The second kappa shape index (κ2) is 10.5. The first-order chi connectivity index (χ1) is 11.4. The van der Waals surface area contributed by atoms with Crippen molar-refractivity contribution in [3.05, 3.63) is 43.0 Å². The molecular weight excluding hydrogens is 379 g/mol. The number of hydrogen-bond acceptors (Lipinski definition) is 4. The second-order valence-electron chi connectivity index (χ2n) is 4.78. The number of alkyl carbamates (subject to hydrolysis) is 1. The number of rotatable bonds is 9. The van der Waals surface area contributed by atoms with Crippen molar-refractivity contribution < 1.29 is 24.2 Å². The molecule has 2 atom stereocenters. The monoisotopic (exact) mass is 400 g/mol. The average Bonchev–Trinajstić information content (AvgIpc) is 2.57. The fraction of sp³-hybridized carbons (Fsp3) is 0.312. The molecule has 24 heavy (non-hydrogen) atoms. The van der Waals surface area contributed by atoms with Crippen LogP contribution in [0.1, 0.15) is 6.92 Å². The van der Waals surface area contributed by atoms with Crippen LogP contribution in [0.5, 0.6) is 0 Å². The molecule has 1 rings (SSSR count). The first-order valence-electron chi connectivity index (χ1n) is 7.19. The third-order valence-corrected chi connectivity index (χ3v) is 5.15. The average molecular weight is 399 g/mol. The van der Waals surface area contributed by atoms with Crippen molar-refractivity contribution in [1.29, 1.82) is 0 Å². The summed E-state index contributed by atoms with van der Waals surface area (Å²) in [6, 6.07) is 7.56. The summed E-state index contributed by atoms with van der Waals surface area (Å²) < 4.78 is 5.75. The van der Waals surface area contributed by atoms with Crippen molar-refractivity contribution in [2.75, 3.05) is 6.61 Å². The molecule has 8 heteroatoms. The molecule has 0 saturated heterocycles. The van der Waals surface area contributed by atoms with Gasteiger partial charge in [-0.1, -0.05) is 0 Å². The molecule has 0 saturated carbocycles. The summed E-state index contributed by atoms with van der Waals surface area (Å²) in [4.78, 5) is 34.7. The molecule has 0 bridgehead atoms. The molecule has 1 aromatic rings. The van der Waals surface area contributed by atoms with Crippen LogP contribution in [-0.2, 0) is 14.3 Å². The Morgan fingerprint density at radius 2 is 1.96 bits per heavy atom. The van der Waals surface area contributed by atoms with E-state index in [0.29, 0.717) is 5.32 Å². The summed E-state index contributed by atoms with van der Waals surface area (Å²) >= 11 is -0.0862. The first-order valence-corrected chi connectivity index (χ1v) is 9.26. The fourth-order valence-electron chi connectivity index (χ4n) is 1.59. The summed E-state index contributed by atoms with van der Waals surface area (Å²) in [6.45, 7) is 4.88.